The van der Waals surface area contributed by atoms with Gasteiger partial charge in [-0.3, -0.25) is 0 Å². The minimum absolute atomic E-state index is 0.570. The van der Waals surface area contributed by atoms with E-state index in [1.807, 2.05) is 32.2 Å². The molecule has 0 spiro atoms. The van der Waals surface area contributed by atoms with Gasteiger partial charge in [0.25, 0.3) is 0 Å². The molecule has 0 atom stereocenters. The second-order valence-corrected chi connectivity index (χ2v) is 4.10. The minimum atomic E-state index is 0.570. The summed E-state index contributed by atoms with van der Waals surface area (Å²) in [5.41, 5.74) is 2.12. The van der Waals surface area contributed by atoms with Gasteiger partial charge in [0.2, 0.25) is 0 Å². The van der Waals surface area contributed by atoms with Crippen LogP contribution in [-0.2, 0) is 0 Å². The fourth-order valence-corrected chi connectivity index (χ4v) is 1.90. The lowest BCUT2D eigenvalue weighted by molar-refractivity contribution is 0.355. The summed E-state index contributed by atoms with van der Waals surface area (Å²) in [7, 11) is 5.08. The molecular formula is C13H18ClNO2. The zero-order chi connectivity index (χ0) is 12.8. The van der Waals surface area contributed by atoms with Gasteiger partial charge >= 0.3 is 0 Å². The van der Waals surface area contributed by atoms with Crippen LogP contribution in [0.25, 0.3) is 6.08 Å². The number of likely N-dealkylation sites (N-methyl/N-ethyl adjacent to an activating group) is 1. The molecule has 4 heteroatoms. The maximum atomic E-state index is 6.27. The molecule has 1 aromatic carbocycles. The van der Waals surface area contributed by atoms with Crippen LogP contribution in [0.4, 0.5) is 0 Å². The Labute approximate surface area is 107 Å². The molecule has 0 heterocycles. The van der Waals surface area contributed by atoms with E-state index in [1.165, 1.54) is 5.57 Å². The molecule has 0 aliphatic heterocycles. The molecule has 3 nitrogen and oxygen atoms in total. The van der Waals surface area contributed by atoms with Crippen LogP contribution in [0.15, 0.2) is 17.7 Å². The number of hydrogen-bond donors (Lipinski definition) is 1. The van der Waals surface area contributed by atoms with E-state index in [0.717, 1.165) is 12.1 Å². The van der Waals surface area contributed by atoms with E-state index in [4.69, 9.17) is 21.1 Å². The normalized spacial score (nSPS) is 11.5. The third kappa shape index (κ3) is 3.38. The van der Waals surface area contributed by atoms with Crippen molar-refractivity contribution in [2.45, 2.75) is 6.92 Å². The molecule has 0 unspecified atom stereocenters. The quantitative estimate of drug-likeness (QED) is 0.878. The third-order valence-electron chi connectivity index (χ3n) is 2.37. The summed E-state index contributed by atoms with van der Waals surface area (Å²) in [5, 5.41) is 3.66. The zero-order valence-electron chi connectivity index (χ0n) is 10.6. The van der Waals surface area contributed by atoms with Crippen molar-refractivity contribution < 1.29 is 9.47 Å². The highest BCUT2D eigenvalue weighted by Crippen LogP contribution is 2.37. The molecule has 0 radical (unpaired) electrons. The van der Waals surface area contributed by atoms with Gasteiger partial charge in [0.1, 0.15) is 0 Å². The molecule has 1 aromatic rings. The molecule has 0 bridgehead atoms. The molecule has 0 saturated heterocycles. The molecule has 94 valence electrons. The fourth-order valence-electron chi connectivity index (χ4n) is 1.61. The number of ether oxygens (including phenoxy) is 2. The summed E-state index contributed by atoms with van der Waals surface area (Å²) >= 11 is 6.27. The van der Waals surface area contributed by atoms with Gasteiger partial charge in [-0.25, -0.2) is 0 Å². The number of hydrogen-bond acceptors (Lipinski definition) is 3. The zero-order valence-corrected chi connectivity index (χ0v) is 11.4. The fraction of sp³-hybridized carbons (Fsp3) is 0.385. The lowest BCUT2D eigenvalue weighted by atomic mass is 10.1. The van der Waals surface area contributed by atoms with Crippen molar-refractivity contribution in [1.82, 2.24) is 5.32 Å². The molecule has 0 fully saturated rings. The van der Waals surface area contributed by atoms with E-state index in [1.54, 1.807) is 14.2 Å². The second-order valence-electron chi connectivity index (χ2n) is 3.73. The lowest BCUT2D eigenvalue weighted by Gasteiger charge is -2.11. The van der Waals surface area contributed by atoms with Crippen molar-refractivity contribution in [3.05, 3.63) is 28.3 Å². The van der Waals surface area contributed by atoms with Gasteiger partial charge in [0.15, 0.2) is 11.5 Å². The van der Waals surface area contributed by atoms with Gasteiger partial charge in [0.05, 0.1) is 19.2 Å². The average Bonchev–Trinajstić information content (AvgIpc) is 2.31. The third-order valence-corrected chi connectivity index (χ3v) is 2.76. The van der Waals surface area contributed by atoms with Crippen LogP contribution in [0.5, 0.6) is 11.5 Å². The topological polar surface area (TPSA) is 30.5 Å². The van der Waals surface area contributed by atoms with Crippen molar-refractivity contribution in [2.75, 3.05) is 27.8 Å². The highest BCUT2D eigenvalue weighted by atomic mass is 35.5. The smallest absolute Gasteiger partial charge is 0.179 e. The monoisotopic (exact) mass is 255 g/mol. The van der Waals surface area contributed by atoms with Crippen LogP contribution in [-0.4, -0.2) is 27.8 Å². The van der Waals surface area contributed by atoms with Crippen LogP contribution in [0.3, 0.4) is 0 Å². The number of benzene rings is 1. The Balaban J connectivity index is 3.15. The first-order chi connectivity index (χ1) is 8.13. The number of methoxy groups -OCH3 is 2. The first-order valence-electron chi connectivity index (χ1n) is 5.36. The van der Waals surface area contributed by atoms with Gasteiger partial charge in [0, 0.05) is 6.54 Å². The van der Waals surface area contributed by atoms with E-state index in [2.05, 4.69) is 5.32 Å². The molecule has 17 heavy (non-hydrogen) atoms. The highest BCUT2D eigenvalue weighted by molar-refractivity contribution is 6.33. The average molecular weight is 256 g/mol. The van der Waals surface area contributed by atoms with E-state index in [0.29, 0.717) is 16.5 Å². The van der Waals surface area contributed by atoms with Crippen LogP contribution in [0.2, 0.25) is 5.02 Å². The highest BCUT2D eigenvalue weighted by Gasteiger charge is 2.11. The van der Waals surface area contributed by atoms with Crippen molar-refractivity contribution in [1.29, 1.82) is 0 Å². The predicted molar refractivity (Wildman–Crippen MR) is 72.1 cm³/mol. The van der Waals surface area contributed by atoms with Crippen LogP contribution in [0.1, 0.15) is 12.5 Å². The molecule has 0 aromatic heterocycles. The van der Waals surface area contributed by atoms with Crippen LogP contribution >= 0.6 is 11.6 Å². The standard InChI is InChI=1S/C13H18ClNO2/c1-9(8-15-2)7-10-5-6-11(16-3)13(17-4)12(10)14/h5-7,15H,8H2,1-4H3. The summed E-state index contributed by atoms with van der Waals surface area (Å²) in [5.74, 6) is 1.21. The summed E-state index contributed by atoms with van der Waals surface area (Å²) in [4.78, 5) is 0. The first-order valence-corrected chi connectivity index (χ1v) is 5.74. The molecular weight excluding hydrogens is 238 g/mol. The predicted octanol–water partition coefficient (Wildman–Crippen LogP) is 2.98. The van der Waals surface area contributed by atoms with Crippen LogP contribution in [0, 0.1) is 0 Å². The molecule has 1 N–H and O–H groups in total. The number of rotatable bonds is 5. The SMILES string of the molecule is CNCC(C)=Cc1ccc(OC)c(OC)c1Cl. The van der Waals surface area contributed by atoms with Crippen LogP contribution < -0.4 is 14.8 Å². The van der Waals surface area contributed by atoms with E-state index in [-0.39, 0.29) is 0 Å². The van der Waals surface area contributed by atoms with E-state index >= 15 is 0 Å². The molecule has 0 aliphatic rings. The number of nitrogens with one attached hydrogen (secondary N) is 1. The van der Waals surface area contributed by atoms with Crippen molar-refractivity contribution in [2.24, 2.45) is 0 Å². The van der Waals surface area contributed by atoms with Gasteiger partial charge in [-0.2, -0.15) is 0 Å². The van der Waals surface area contributed by atoms with Crippen molar-refractivity contribution >= 4 is 17.7 Å². The number of halogens is 1. The van der Waals surface area contributed by atoms with Crippen molar-refractivity contribution in [3.63, 3.8) is 0 Å². The van der Waals surface area contributed by atoms with Gasteiger partial charge < -0.3 is 14.8 Å². The summed E-state index contributed by atoms with van der Waals surface area (Å²) in [6, 6.07) is 3.77. The Hall–Kier alpha value is -1.19. The molecule has 1 rings (SSSR count). The minimum Gasteiger partial charge on any atom is -0.493 e. The lowest BCUT2D eigenvalue weighted by Crippen LogP contribution is -2.08. The molecule has 0 saturated carbocycles. The Bertz CT molecular complexity index is 416. The van der Waals surface area contributed by atoms with Crippen molar-refractivity contribution in [3.8, 4) is 11.5 Å². The van der Waals surface area contributed by atoms with Gasteiger partial charge in [-0.1, -0.05) is 23.3 Å². The second kappa shape index (κ2) is 6.52. The Morgan fingerprint density at radius 1 is 1.35 bits per heavy atom. The maximum absolute atomic E-state index is 6.27. The Morgan fingerprint density at radius 2 is 2.06 bits per heavy atom. The molecule has 0 aliphatic carbocycles. The first kappa shape index (κ1) is 13.9. The Kier molecular flexibility index (Phi) is 5.32. The molecule has 0 amide bonds. The van der Waals surface area contributed by atoms with Gasteiger partial charge in [-0.15, -0.1) is 0 Å². The van der Waals surface area contributed by atoms with Gasteiger partial charge in [-0.05, 0) is 31.7 Å². The summed E-state index contributed by atoms with van der Waals surface area (Å²) < 4.78 is 10.4. The summed E-state index contributed by atoms with van der Waals surface area (Å²) in [6.07, 6.45) is 2.03. The Morgan fingerprint density at radius 3 is 2.59 bits per heavy atom. The maximum Gasteiger partial charge on any atom is 0.179 e. The summed E-state index contributed by atoms with van der Waals surface area (Å²) in [6.45, 7) is 2.87. The largest absolute Gasteiger partial charge is 0.493 e. The van der Waals surface area contributed by atoms with E-state index < -0.39 is 0 Å². The van der Waals surface area contributed by atoms with E-state index in [9.17, 15) is 0 Å².